The molecule has 0 bridgehead atoms. The molecule has 0 radical (unpaired) electrons. The average molecular weight is 826 g/mol. The number of carboxylic acid groups (broad SMARTS) is 1. The van der Waals surface area contributed by atoms with Gasteiger partial charge in [-0.1, -0.05) is 11.6 Å². The zero-order chi connectivity index (χ0) is 42.2. The molecule has 1 aromatic heterocycles. The molecule has 60 heavy (non-hydrogen) atoms. The number of piperazine rings is 1. The molecule has 1 fully saturated rings. The van der Waals surface area contributed by atoms with Gasteiger partial charge in [-0.2, -0.15) is 0 Å². The molecule has 0 atom stereocenters. The molecule has 1 saturated heterocycles. The Morgan fingerprint density at radius 3 is 2.28 bits per heavy atom. The molecule has 0 unspecified atom stereocenters. The number of amides is 1. The summed E-state index contributed by atoms with van der Waals surface area (Å²) in [6, 6.07) is 25.4. The molecule has 8 rings (SSSR count). The number of hydrogen-bond donors (Lipinski definition) is 2. The van der Waals surface area contributed by atoms with Crippen molar-refractivity contribution in [2.45, 2.75) is 26.2 Å². The number of Topliss-reactive ketones (excluding diaryl/α,β-unsaturated/α-hetero) is 1. The van der Waals surface area contributed by atoms with E-state index in [9.17, 15) is 34.2 Å². The molecule has 2 aliphatic heterocycles. The molecular weight excluding hydrogens is 786 g/mol. The Hall–Kier alpha value is -6.76. The molecule has 5 aromatic rings. The van der Waals surface area contributed by atoms with E-state index in [1.165, 1.54) is 36.4 Å². The van der Waals surface area contributed by atoms with Crippen molar-refractivity contribution in [2.75, 3.05) is 39.8 Å². The molecule has 4 aromatic carbocycles. The van der Waals surface area contributed by atoms with Crippen LogP contribution in [0, 0.1) is 6.92 Å². The second-order valence-corrected chi connectivity index (χ2v) is 15.4. The van der Waals surface area contributed by atoms with Crippen molar-refractivity contribution in [1.29, 1.82) is 0 Å². The van der Waals surface area contributed by atoms with E-state index < -0.39 is 5.97 Å². The summed E-state index contributed by atoms with van der Waals surface area (Å²) in [6.45, 7) is 4.57. The monoisotopic (exact) mass is 825 g/mol. The SMILES string of the molecule is COc1ccc2c(c1)c(CC(=O)CCCN1CCN(C(=O)c3ccc(C(=O)O)c(-c4c5ccc(=O)cc-5oc5cc(O)ccc45)c3)CC1)c(C)n2C(=O)c1ccc(Cl)cc1. The minimum Gasteiger partial charge on any atom is -0.508 e. The Morgan fingerprint density at radius 1 is 0.800 bits per heavy atom. The van der Waals surface area contributed by atoms with Crippen LogP contribution in [0.5, 0.6) is 11.5 Å². The zero-order valence-corrected chi connectivity index (χ0v) is 33.6. The highest BCUT2D eigenvalue weighted by Gasteiger charge is 2.27. The van der Waals surface area contributed by atoms with Gasteiger partial charge >= 0.3 is 5.97 Å². The number of carbonyl (C=O) groups is 4. The van der Waals surface area contributed by atoms with Crippen molar-refractivity contribution in [3.63, 3.8) is 0 Å². The smallest absolute Gasteiger partial charge is 0.336 e. The number of ketones is 1. The van der Waals surface area contributed by atoms with Gasteiger partial charge in [0.2, 0.25) is 0 Å². The van der Waals surface area contributed by atoms with Crippen LogP contribution in [0.4, 0.5) is 0 Å². The Kier molecular flexibility index (Phi) is 11.0. The van der Waals surface area contributed by atoms with Gasteiger partial charge in [0, 0.05) is 94.9 Å². The number of phenols is 1. The van der Waals surface area contributed by atoms with E-state index in [1.54, 1.807) is 65.1 Å². The van der Waals surface area contributed by atoms with Crippen LogP contribution in [0.3, 0.4) is 0 Å². The van der Waals surface area contributed by atoms with Crippen molar-refractivity contribution in [3.8, 4) is 33.9 Å². The summed E-state index contributed by atoms with van der Waals surface area (Å²) >= 11 is 6.07. The predicted molar refractivity (Wildman–Crippen MR) is 228 cm³/mol. The fourth-order valence-electron chi connectivity index (χ4n) is 8.16. The Morgan fingerprint density at radius 2 is 1.55 bits per heavy atom. The Labute approximate surface area is 349 Å². The van der Waals surface area contributed by atoms with E-state index in [4.69, 9.17) is 20.8 Å². The Bertz CT molecular complexity index is 2870. The first-order valence-electron chi connectivity index (χ1n) is 19.5. The molecule has 3 aliphatic rings. The summed E-state index contributed by atoms with van der Waals surface area (Å²) in [5.41, 5.74) is 4.08. The predicted octanol–water partition coefficient (Wildman–Crippen LogP) is 7.93. The number of aromatic hydroxyl groups is 1. The van der Waals surface area contributed by atoms with Crippen molar-refractivity contribution in [1.82, 2.24) is 14.4 Å². The van der Waals surface area contributed by atoms with Crippen LogP contribution in [0.15, 0.2) is 106 Å². The number of methoxy groups -OCH3 is 1. The molecule has 0 saturated carbocycles. The lowest BCUT2D eigenvalue weighted by Crippen LogP contribution is -2.48. The molecule has 1 amide bonds. The maximum absolute atomic E-state index is 13.9. The van der Waals surface area contributed by atoms with Crippen molar-refractivity contribution < 1.29 is 38.5 Å². The van der Waals surface area contributed by atoms with Crippen LogP contribution >= 0.6 is 11.6 Å². The first kappa shape index (κ1) is 40.0. The minimum absolute atomic E-state index is 0.0361. The number of ether oxygens (including phenoxy) is 1. The van der Waals surface area contributed by atoms with Crippen LogP contribution in [-0.4, -0.2) is 88.0 Å². The number of halogens is 1. The number of phenolic OH excluding ortho intramolecular Hbond substituents is 1. The molecule has 3 heterocycles. The third kappa shape index (κ3) is 7.74. The molecule has 304 valence electrons. The van der Waals surface area contributed by atoms with E-state index in [-0.39, 0.29) is 57.7 Å². The number of fused-ring (bicyclic) bond motifs is 3. The van der Waals surface area contributed by atoms with Gasteiger partial charge < -0.3 is 24.3 Å². The molecule has 0 spiro atoms. The standard InChI is InChI=1S/C47H40ClN3O9/c1-27-38(39-26-34(59-2)12-16-41(39)51(27)46(56)28-5-8-30(48)9-6-28)23-31(52)4-3-17-49-18-20-50(21-19-49)45(55)29-7-13-35(47(57)58)40(22-29)44-36-14-10-32(53)24-42(36)60-43-25-33(54)11-15-37(43)44/h5-16,22,24-26,53H,3-4,17-21,23H2,1-2H3,(H,57,58). The van der Waals surface area contributed by atoms with Gasteiger partial charge in [0.25, 0.3) is 11.8 Å². The van der Waals surface area contributed by atoms with E-state index >= 15 is 0 Å². The van der Waals surface area contributed by atoms with Gasteiger partial charge in [-0.3, -0.25) is 28.6 Å². The second kappa shape index (κ2) is 16.5. The fraction of sp³-hybridized carbons (Fsp3) is 0.213. The minimum atomic E-state index is -1.19. The number of nitrogens with zero attached hydrogens (tertiary/aromatic N) is 3. The lowest BCUT2D eigenvalue weighted by molar-refractivity contribution is -0.118. The number of rotatable bonds is 11. The molecule has 13 heteroatoms. The lowest BCUT2D eigenvalue weighted by Gasteiger charge is -2.35. The molecule has 12 nitrogen and oxygen atoms in total. The summed E-state index contributed by atoms with van der Waals surface area (Å²) in [5.74, 6) is -0.840. The third-order valence-electron chi connectivity index (χ3n) is 11.2. The van der Waals surface area contributed by atoms with Crippen LogP contribution in [-0.2, 0) is 11.2 Å². The first-order chi connectivity index (χ1) is 28.9. The van der Waals surface area contributed by atoms with Gasteiger partial charge in [-0.15, -0.1) is 0 Å². The highest BCUT2D eigenvalue weighted by Crippen LogP contribution is 2.42. The fourth-order valence-corrected chi connectivity index (χ4v) is 8.28. The molecular formula is C47H40ClN3O9. The largest absolute Gasteiger partial charge is 0.508 e. The van der Waals surface area contributed by atoms with E-state index in [2.05, 4.69) is 4.90 Å². The van der Waals surface area contributed by atoms with Gasteiger partial charge in [0.05, 0.1) is 18.2 Å². The average Bonchev–Trinajstić information content (AvgIpc) is 3.51. The van der Waals surface area contributed by atoms with Gasteiger partial charge in [-0.25, -0.2) is 4.79 Å². The van der Waals surface area contributed by atoms with E-state index in [0.29, 0.717) is 95.2 Å². The number of aromatic carboxylic acids is 1. The van der Waals surface area contributed by atoms with Gasteiger partial charge in [0.15, 0.2) is 5.43 Å². The van der Waals surface area contributed by atoms with E-state index in [1.807, 2.05) is 19.1 Å². The summed E-state index contributed by atoms with van der Waals surface area (Å²) in [5, 5.41) is 22.2. The first-order valence-corrected chi connectivity index (χ1v) is 19.9. The van der Waals surface area contributed by atoms with Gasteiger partial charge in [0.1, 0.15) is 28.6 Å². The second-order valence-electron chi connectivity index (χ2n) is 14.9. The van der Waals surface area contributed by atoms with Gasteiger partial charge in [-0.05, 0) is 116 Å². The summed E-state index contributed by atoms with van der Waals surface area (Å²) in [7, 11) is 1.57. The zero-order valence-electron chi connectivity index (χ0n) is 32.9. The Balaban J connectivity index is 0.939. The number of benzene rings is 5. The third-order valence-corrected chi connectivity index (χ3v) is 11.5. The number of carbonyl (C=O) groups excluding carboxylic acids is 3. The van der Waals surface area contributed by atoms with Crippen LogP contribution in [0.25, 0.3) is 44.3 Å². The van der Waals surface area contributed by atoms with Crippen molar-refractivity contribution >= 4 is 57.0 Å². The van der Waals surface area contributed by atoms with E-state index in [0.717, 1.165) is 10.9 Å². The highest BCUT2D eigenvalue weighted by molar-refractivity contribution is 6.30. The molecule has 2 N–H and O–H groups in total. The van der Waals surface area contributed by atoms with Crippen LogP contribution < -0.4 is 10.2 Å². The van der Waals surface area contributed by atoms with Crippen LogP contribution in [0.2, 0.25) is 5.02 Å². The topological polar surface area (TPSA) is 160 Å². The van der Waals surface area contributed by atoms with Crippen molar-refractivity contribution in [2.24, 2.45) is 0 Å². The quantitative estimate of drug-likeness (QED) is 0.123. The maximum Gasteiger partial charge on any atom is 0.336 e. The maximum atomic E-state index is 13.9. The van der Waals surface area contributed by atoms with Crippen LogP contribution in [0.1, 0.15) is 55.2 Å². The summed E-state index contributed by atoms with van der Waals surface area (Å²) in [6.07, 6.45) is 1.12. The lowest BCUT2D eigenvalue weighted by atomic mass is 9.89. The summed E-state index contributed by atoms with van der Waals surface area (Å²) < 4.78 is 13.1. The highest BCUT2D eigenvalue weighted by atomic mass is 35.5. The normalized spacial score (nSPS) is 13.3. The summed E-state index contributed by atoms with van der Waals surface area (Å²) in [4.78, 5) is 69.9. The number of carboxylic acids is 1. The molecule has 1 aliphatic carbocycles. The van der Waals surface area contributed by atoms with Crippen molar-refractivity contribution in [3.05, 3.63) is 140 Å². The number of aromatic nitrogens is 1. The number of hydrogen-bond acceptors (Lipinski definition) is 9.